The third kappa shape index (κ3) is 3.81. The van der Waals surface area contributed by atoms with E-state index in [1.807, 2.05) is 0 Å². The fraction of sp³-hybridized carbons (Fsp3) is 0.357. The Morgan fingerprint density at radius 1 is 1.30 bits per heavy atom. The number of hydrogen-bond acceptors (Lipinski definition) is 4. The van der Waals surface area contributed by atoms with Gasteiger partial charge in [-0.05, 0) is 18.2 Å². The molecule has 1 saturated heterocycles. The average Bonchev–Trinajstić information content (AvgIpc) is 2.45. The van der Waals surface area contributed by atoms with Crippen LogP contribution in [0.4, 0.5) is 0 Å². The van der Waals surface area contributed by atoms with Crippen molar-refractivity contribution < 1.29 is 14.4 Å². The monoisotopic (exact) mass is 294 g/mol. The van der Waals surface area contributed by atoms with E-state index < -0.39 is 5.97 Å². The van der Waals surface area contributed by atoms with Crippen molar-refractivity contribution in [1.29, 1.82) is 0 Å². The summed E-state index contributed by atoms with van der Waals surface area (Å²) in [5, 5.41) is 4.34. The van der Waals surface area contributed by atoms with E-state index in [1.165, 1.54) is 6.07 Å². The zero-order valence-electron chi connectivity index (χ0n) is 11.1. The molecule has 6 heteroatoms. The summed E-state index contributed by atoms with van der Waals surface area (Å²) < 4.78 is 0. The Kier molecular flexibility index (Phi) is 4.74. The Morgan fingerprint density at radius 3 is 2.60 bits per heavy atom. The lowest BCUT2D eigenvalue weighted by Crippen LogP contribution is -2.37. The Bertz CT molecular complexity index is 547. The second-order valence-electron chi connectivity index (χ2n) is 4.55. The van der Waals surface area contributed by atoms with Crippen molar-refractivity contribution in [3.05, 3.63) is 34.9 Å². The van der Waals surface area contributed by atoms with Crippen molar-refractivity contribution in [3.63, 3.8) is 0 Å². The normalized spacial score (nSPS) is 14.9. The number of benzene rings is 1. The first-order valence-electron chi connectivity index (χ1n) is 6.34. The van der Waals surface area contributed by atoms with Crippen LogP contribution in [0.3, 0.4) is 0 Å². The molecular formula is C14H15ClN2O3. The summed E-state index contributed by atoms with van der Waals surface area (Å²) in [5.74, 6) is -0.478. The van der Waals surface area contributed by atoms with Crippen LogP contribution < -0.4 is 0 Å². The van der Waals surface area contributed by atoms with E-state index in [0.717, 1.165) is 5.71 Å². The Labute approximate surface area is 122 Å². The van der Waals surface area contributed by atoms with Crippen molar-refractivity contribution in [2.45, 2.75) is 19.8 Å². The highest BCUT2D eigenvalue weighted by Crippen LogP contribution is 2.13. The summed E-state index contributed by atoms with van der Waals surface area (Å²) >= 11 is 5.80. The van der Waals surface area contributed by atoms with Crippen LogP contribution in [-0.2, 0) is 9.63 Å². The highest BCUT2D eigenvalue weighted by atomic mass is 35.5. The predicted octanol–water partition coefficient (Wildman–Crippen LogP) is 2.50. The van der Waals surface area contributed by atoms with Crippen LogP contribution in [0, 0.1) is 0 Å². The topological polar surface area (TPSA) is 59.0 Å². The molecule has 1 amide bonds. The number of hydrogen-bond donors (Lipinski definition) is 0. The standard InChI is InChI=1S/C14H15ClN2O3/c1-10(18)17-7-5-13(6-8-17)16-20-14(19)11-3-2-4-12(15)9-11/h2-4,9H,5-8H2,1H3. The quantitative estimate of drug-likeness (QED) is 0.622. The molecule has 1 fully saturated rings. The molecule has 0 aliphatic carbocycles. The fourth-order valence-electron chi connectivity index (χ4n) is 1.95. The molecule has 1 aliphatic heterocycles. The van der Waals surface area contributed by atoms with Gasteiger partial charge in [-0.3, -0.25) is 4.79 Å². The minimum Gasteiger partial charge on any atom is -0.342 e. The van der Waals surface area contributed by atoms with Crippen LogP contribution in [0.2, 0.25) is 5.02 Å². The number of carbonyl (C=O) groups excluding carboxylic acids is 2. The molecule has 0 radical (unpaired) electrons. The molecule has 5 nitrogen and oxygen atoms in total. The highest BCUT2D eigenvalue weighted by molar-refractivity contribution is 6.30. The molecule has 2 rings (SSSR count). The molecular weight excluding hydrogens is 280 g/mol. The zero-order chi connectivity index (χ0) is 14.5. The summed E-state index contributed by atoms with van der Waals surface area (Å²) in [4.78, 5) is 29.6. The average molecular weight is 295 g/mol. The van der Waals surface area contributed by atoms with Crippen molar-refractivity contribution in [2.24, 2.45) is 5.16 Å². The van der Waals surface area contributed by atoms with Crippen LogP contribution in [0.5, 0.6) is 0 Å². The van der Waals surface area contributed by atoms with Gasteiger partial charge in [-0.15, -0.1) is 0 Å². The van der Waals surface area contributed by atoms with E-state index in [2.05, 4.69) is 5.16 Å². The first kappa shape index (κ1) is 14.5. The minimum absolute atomic E-state index is 0.0555. The van der Waals surface area contributed by atoms with Gasteiger partial charge in [0.2, 0.25) is 5.91 Å². The van der Waals surface area contributed by atoms with Crippen LogP contribution >= 0.6 is 11.6 Å². The van der Waals surface area contributed by atoms with Crippen molar-refractivity contribution >= 4 is 29.2 Å². The number of carbonyl (C=O) groups is 2. The fourth-order valence-corrected chi connectivity index (χ4v) is 2.14. The Morgan fingerprint density at radius 2 is 2.00 bits per heavy atom. The maximum absolute atomic E-state index is 11.8. The number of rotatable bonds is 2. The molecule has 1 aromatic carbocycles. The highest BCUT2D eigenvalue weighted by Gasteiger charge is 2.17. The first-order chi connectivity index (χ1) is 9.56. The molecule has 0 saturated carbocycles. The van der Waals surface area contributed by atoms with Crippen molar-refractivity contribution in [2.75, 3.05) is 13.1 Å². The molecule has 0 unspecified atom stereocenters. The Hall–Kier alpha value is -1.88. The second-order valence-corrected chi connectivity index (χ2v) is 4.99. The number of amides is 1. The van der Waals surface area contributed by atoms with E-state index in [9.17, 15) is 9.59 Å². The van der Waals surface area contributed by atoms with E-state index in [-0.39, 0.29) is 5.91 Å². The number of halogens is 1. The molecule has 0 bridgehead atoms. The van der Waals surface area contributed by atoms with Gasteiger partial charge in [-0.2, -0.15) is 0 Å². The molecule has 1 aliphatic rings. The Balaban J connectivity index is 1.90. The number of nitrogens with zero attached hydrogens (tertiary/aromatic N) is 2. The smallest absolute Gasteiger partial charge is 0.342 e. The summed E-state index contributed by atoms with van der Waals surface area (Å²) in [6, 6.07) is 6.51. The van der Waals surface area contributed by atoms with E-state index >= 15 is 0 Å². The van der Waals surface area contributed by atoms with Crippen LogP contribution in [0.15, 0.2) is 29.4 Å². The molecule has 106 valence electrons. The van der Waals surface area contributed by atoms with E-state index in [4.69, 9.17) is 16.4 Å². The summed E-state index contributed by atoms with van der Waals surface area (Å²) in [7, 11) is 0. The van der Waals surface area contributed by atoms with Gasteiger partial charge in [0, 0.05) is 37.9 Å². The van der Waals surface area contributed by atoms with Crippen LogP contribution in [0.1, 0.15) is 30.1 Å². The summed E-state index contributed by atoms with van der Waals surface area (Å²) in [6.07, 6.45) is 1.25. The lowest BCUT2D eigenvalue weighted by Gasteiger charge is -2.25. The van der Waals surface area contributed by atoms with E-state index in [1.54, 1.807) is 30.0 Å². The number of piperidine rings is 1. The number of oxime groups is 1. The number of likely N-dealkylation sites (tertiary alicyclic amines) is 1. The molecule has 0 spiro atoms. The van der Waals surface area contributed by atoms with Gasteiger partial charge >= 0.3 is 5.97 Å². The van der Waals surface area contributed by atoms with E-state index in [0.29, 0.717) is 36.5 Å². The van der Waals surface area contributed by atoms with Crippen LogP contribution in [0.25, 0.3) is 0 Å². The van der Waals surface area contributed by atoms with Gasteiger partial charge in [0.15, 0.2) is 0 Å². The first-order valence-corrected chi connectivity index (χ1v) is 6.72. The van der Waals surface area contributed by atoms with Gasteiger partial charge in [-0.1, -0.05) is 22.8 Å². The molecule has 1 aromatic rings. The maximum atomic E-state index is 11.8. The summed E-state index contributed by atoms with van der Waals surface area (Å²) in [5.41, 5.74) is 1.15. The molecule has 0 N–H and O–H groups in total. The van der Waals surface area contributed by atoms with Gasteiger partial charge in [0.1, 0.15) is 0 Å². The maximum Gasteiger partial charge on any atom is 0.365 e. The lowest BCUT2D eigenvalue weighted by molar-refractivity contribution is -0.128. The lowest BCUT2D eigenvalue weighted by atomic mass is 10.1. The van der Waals surface area contributed by atoms with Gasteiger partial charge < -0.3 is 9.74 Å². The van der Waals surface area contributed by atoms with Gasteiger partial charge in [-0.25, -0.2) is 4.79 Å². The molecule has 1 heterocycles. The third-order valence-corrected chi connectivity index (χ3v) is 3.34. The zero-order valence-corrected chi connectivity index (χ0v) is 11.9. The summed E-state index contributed by atoms with van der Waals surface area (Å²) in [6.45, 7) is 2.77. The van der Waals surface area contributed by atoms with Crippen LogP contribution in [-0.4, -0.2) is 35.6 Å². The van der Waals surface area contributed by atoms with Crippen molar-refractivity contribution in [3.8, 4) is 0 Å². The van der Waals surface area contributed by atoms with Gasteiger partial charge in [0.25, 0.3) is 0 Å². The largest absolute Gasteiger partial charge is 0.365 e. The second kappa shape index (κ2) is 6.52. The SMILES string of the molecule is CC(=O)N1CCC(=NOC(=O)c2cccc(Cl)c2)CC1. The van der Waals surface area contributed by atoms with Crippen molar-refractivity contribution in [1.82, 2.24) is 4.90 Å². The third-order valence-electron chi connectivity index (χ3n) is 3.10. The molecule has 0 aromatic heterocycles. The van der Waals surface area contributed by atoms with Gasteiger partial charge in [0.05, 0.1) is 11.3 Å². The molecule has 20 heavy (non-hydrogen) atoms. The minimum atomic E-state index is -0.533. The predicted molar refractivity (Wildman–Crippen MR) is 75.8 cm³/mol. The molecule has 0 atom stereocenters.